The first-order valence-corrected chi connectivity index (χ1v) is 4.12. The summed E-state index contributed by atoms with van der Waals surface area (Å²) in [6.07, 6.45) is 1.62. The van der Waals surface area contributed by atoms with Crippen LogP contribution in [0.1, 0.15) is 24.0 Å². The Hall–Kier alpha value is -0.960. The lowest BCUT2D eigenvalue weighted by molar-refractivity contribution is 0.540. The van der Waals surface area contributed by atoms with Gasteiger partial charge in [0.25, 0.3) is 0 Å². The molecule has 0 fully saturated rings. The van der Waals surface area contributed by atoms with E-state index in [0.717, 1.165) is 24.2 Å². The number of fused-ring (bicyclic) bond motifs is 1. The average Bonchev–Trinajstić information content (AvgIpc) is 2.07. The minimum atomic E-state index is -0.373. The number of halogens is 1. The molecule has 0 bridgehead atoms. The van der Waals surface area contributed by atoms with Crippen molar-refractivity contribution >= 4 is 0 Å². The highest BCUT2D eigenvalue weighted by Crippen LogP contribution is 2.22. The van der Waals surface area contributed by atoms with Crippen LogP contribution in [0.5, 0.6) is 0 Å². The SMILES string of the molecule is CC1CNCc2cnc(F)cc21. The van der Waals surface area contributed by atoms with Crippen LogP contribution in [0.3, 0.4) is 0 Å². The van der Waals surface area contributed by atoms with E-state index in [0.29, 0.717) is 5.92 Å². The second kappa shape index (κ2) is 2.83. The maximum absolute atomic E-state index is 12.7. The molecule has 64 valence electrons. The quantitative estimate of drug-likeness (QED) is 0.590. The van der Waals surface area contributed by atoms with Crippen molar-refractivity contribution < 1.29 is 4.39 Å². The van der Waals surface area contributed by atoms with Crippen molar-refractivity contribution in [1.29, 1.82) is 0 Å². The zero-order chi connectivity index (χ0) is 8.55. The fraction of sp³-hybridized carbons (Fsp3) is 0.444. The summed E-state index contributed by atoms with van der Waals surface area (Å²) in [5.41, 5.74) is 2.22. The summed E-state index contributed by atoms with van der Waals surface area (Å²) < 4.78 is 12.7. The molecule has 0 aromatic carbocycles. The van der Waals surface area contributed by atoms with Gasteiger partial charge in [-0.3, -0.25) is 0 Å². The van der Waals surface area contributed by atoms with Gasteiger partial charge >= 0.3 is 0 Å². The monoisotopic (exact) mass is 166 g/mol. The van der Waals surface area contributed by atoms with Gasteiger partial charge < -0.3 is 5.32 Å². The number of nitrogens with one attached hydrogen (secondary N) is 1. The largest absolute Gasteiger partial charge is 0.312 e. The van der Waals surface area contributed by atoms with E-state index in [9.17, 15) is 4.39 Å². The molecule has 0 saturated heterocycles. The van der Waals surface area contributed by atoms with Crippen LogP contribution >= 0.6 is 0 Å². The molecule has 2 nitrogen and oxygen atoms in total. The van der Waals surface area contributed by atoms with Crippen LogP contribution in [0, 0.1) is 5.95 Å². The minimum Gasteiger partial charge on any atom is -0.312 e. The third-order valence-electron chi connectivity index (χ3n) is 2.29. The van der Waals surface area contributed by atoms with Crippen molar-refractivity contribution in [2.75, 3.05) is 6.54 Å². The minimum absolute atomic E-state index is 0.373. The van der Waals surface area contributed by atoms with Crippen LogP contribution in [0.15, 0.2) is 12.3 Å². The summed E-state index contributed by atoms with van der Waals surface area (Å²) in [6.45, 7) is 3.83. The van der Waals surface area contributed by atoms with Gasteiger partial charge in [-0.1, -0.05) is 6.92 Å². The molecule has 0 saturated carbocycles. The van der Waals surface area contributed by atoms with Crippen LogP contribution in [-0.4, -0.2) is 11.5 Å². The van der Waals surface area contributed by atoms with Crippen LogP contribution in [0.25, 0.3) is 0 Å². The summed E-state index contributed by atoms with van der Waals surface area (Å²) >= 11 is 0. The molecule has 1 aromatic heterocycles. The van der Waals surface area contributed by atoms with Crippen molar-refractivity contribution in [3.8, 4) is 0 Å². The number of aromatic nitrogens is 1. The molecule has 0 aliphatic carbocycles. The molecule has 2 rings (SSSR count). The van der Waals surface area contributed by atoms with Crippen molar-refractivity contribution in [3.63, 3.8) is 0 Å². The fourth-order valence-corrected chi connectivity index (χ4v) is 1.61. The van der Waals surface area contributed by atoms with Crippen molar-refractivity contribution in [1.82, 2.24) is 10.3 Å². The molecule has 3 heteroatoms. The van der Waals surface area contributed by atoms with E-state index in [1.165, 1.54) is 0 Å². The maximum Gasteiger partial charge on any atom is 0.213 e. The van der Waals surface area contributed by atoms with E-state index in [-0.39, 0.29) is 5.95 Å². The summed E-state index contributed by atoms with van der Waals surface area (Å²) in [4.78, 5) is 3.62. The fourth-order valence-electron chi connectivity index (χ4n) is 1.61. The highest BCUT2D eigenvalue weighted by molar-refractivity contribution is 5.29. The molecule has 1 aliphatic heterocycles. The molecule has 1 aromatic rings. The molecule has 1 unspecified atom stereocenters. The third kappa shape index (κ3) is 1.20. The maximum atomic E-state index is 12.7. The van der Waals surface area contributed by atoms with Crippen LogP contribution in [0.4, 0.5) is 4.39 Å². The predicted octanol–water partition coefficient (Wildman–Crippen LogP) is 1.43. The Kier molecular flexibility index (Phi) is 1.81. The van der Waals surface area contributed by atoms with Gasteiger partial charge in [0.1, 0.15) is 0 Å². The van der Waals surface area contributed by atoms with E-state index in [4.69, 9.17) is 0 Å². The zero-order valence-electron chi connectivity index (χ0n) is 6.97. The summed E-state index contributed by atoms with van der Waals surface area (Å²) in [7, 11) is 0. The Morgan fingerprint density at radius 3 is 3.33 bits per heavy atom. The van der Waals surface area contributed by atoms with Gasteiger partial charge in [-0.2, -0.15) is 4.39 Å². The normalized spacial score (nSPS) is 22.0. The number of pyridine rings is 1. The molecule has 0 spiro atoms. The number of hydrogen-bond acceptors (Lipinski definition) is 2. The van der Waals surface area contributed by atoms with Crippen molar-refractivity contribution in [2.24, 2.45) is 0 Å². The van der Waals surface area contributed by atoms with Gasteiger partial charge in [0.05, 0.1) is 0 Å². The van der Waals surface area contributed by atoms with E-state index in [1.54, 1.807) is 12.3 Å². The number of hydrogen-bond donors (Lipinski definition) is 1. The Labute approximate surface area is 70.8 Å². The smallest absolute Gasteiger partial charge is 0.213 e. The van der Waals surface area contributed by atoms with Crippen molar-refractivity contribution in [2.45, 2.75) is 19.4 Å². The molecular weight excluding hydrogens is 155 g/mol. The van der Waals surface area contributed by atoms with Crippen LogP contribution < -0.4 is 5.32 Å². The Morgan fingerprint density at radius 2 is 2.50 bits per heavy atom. The van der Waals surface area contributed by atoms with Crippen LogP contribution in [-0.2, 0) is 6.54 Å². The molecule has 0 radical (unpaired) electrons. The molecular formula is C9H11FN2. The highest BCUT2D eigenvalue weighted by Gasteiger charge is 2.16. The van der Waals surface area contributed by atoms with Crippen molar-refractivity contribution in [3.05, 3.63) is 29.3 Å². The topological polar surface area (TPSA) is 24.9 Å². The predicted molar refractivity (Wildman–Crippen MR) is 44.3 cm³/mol. The van der Waals surface area contributed by atoms with Gasteiger partial charge in [0.15, 0.2) is 0 Å². The van der Waals surface area contributed by atoms with E-state index in [2.05, 4.69) is 17.2 Å². The zero-order valence-corrected chi connectivity index (χ0v) is 6.97. The van der Waals surface area contributed by atoms with Gasteiger partial charge in [-0.05, 0) is 23.1 Å². The highest BCUT2D eigenvalue weighted by atomic mass is 19.1. The lowest BCUT2D eigenvalue weighted by atomic mass is 9.94. The van der Waals surface area contributed by atoms with Gasteiger partial charge in [-0.15, -0.1) is 0 Å². The second-order valence-electron chi connectivity index (χ2n) is 3.24. The summed E-state index contributed by atoms with van der Waals surface area (Å²) in [5, 5.41) is 3.25. The molecule has 1 aliphatic rings. The third-order valence-corrected chi connectivity index (χ3v) is 2.29. The number of nitrogens with zero attached hydrogens (tertiary/aromatic N) is 1. The van der Waals surface area contributed by atoms with Gasteiger partial charge in [0.2, 0.25) is 5.95 Å². The second-order valence-corrected chi connectivity index (χ2v) is 3.24. The molecule has 12 heavy (non-hydrogen) atoms. The number of rotatable bonds is 0. The Morgan fingerprint density at radius 1 is 1.67 bits per heavy atom. The van der Waals surface area contributed by atoms with Crippen LogP contribution in [0.2, 0.25) is 0 Å². The van der Waals surface area contributed by atoms with Gasteiger partial charge in [-0.25, -0.2) is 4.98 Å². The molecule has 1 N–H and O–H groups in total. The van der Waals surface area contributed by atoms with E-state index in [1.807, 2.05) is 0 Å². The average molecular weight is 166 g/mol. The summed E-state index contributed by atoms with van der Waals surface area (Å²) in [5.74, 6) is 0.0220. The van der Waals surface area contributed by atoms with E-state index < -0.39 is 0 Å². The molecule has 0 amide bonds. The Balaban J connectivity index is 2.47. The first kappa shape index (κ1) is 7.68. The van der Waals surface area contributed by atoms with E-state index >= 15 is 0 Å². The van der Waals surface area contributed by atoms with Gasteiger partial charge in [0, 0.05) is 19.3 Å². The lowest BCUT2D eigenvalue weighted by Gasteiger charge is -2.22. The lowest BCUT2D eigenvalue weighted by Crippen LogP contribution is -2.26. The first-order chi connectivity index (χ1) is 5.77. The molecule has 2 heterocycles. The first-order valence-electron chi connectivity index (χ1n) is 4.12. The Bertz CT molecular complexity index is 299. The molecule has 1 atom stereocenters. The standard InChI is InChI=1S/C9H11FN2/c1-6-3-11-4-7-5-12-9(10)2-8(6)7/h2,5-6,11H,3-4H2,1H3. The summed E-state index contributed by atoms with van der Waals surface area (Å²) in [6, 6.07) is 1.54.